The Morgan fingerprint density at radius 3 is 1.95 bits per heavy atom. The van der Waals surface area contributed by atoms with E-state index in [2.05, 4.69) is 29.0 Å². The molecular weight excluding hydrogens is 309 g/mol. The number of hydrogen-bond donors (Lipinski definition) is 1. The summed E-state index contributed by atoms with van der Waals surface area (Å²) in [4.78, 5) is 16.9. The average Bonchev–Trinajstić information content (AvgIpc) is 2.67. The molecule has 21 heavy (non-hydrogen) atoms. The lowest BCUT2D eigenvalue weighted by Crippen LogP contribution is -2.49. The number of amides is 1. The molecule has 3 atom stereocenters. The number of carbonyl (C=O) groups is 1. The second kappa shape index (κ2) is 9.19. The molecule has 126 valence electrons. The Kier molecular flexibility index (Phi) is 9.17. The summed E-state index contributed by atoms with van der Waals surface area (Å²) in [6.07, 6.45) is 2.34. The van der Waals surface area contributed by atoms with Crippen LogP contribution in [0.25, 0.3) is 0 Å². The highest BCUT2D eigenvalue weighted by molar-refractivity contribution is 5.85. The van der Waals surface area contributed by atoms with Crippen LogP contribution >= 0.6 is 24.8 Å². The van der Waals surface area contributed by atoms with E-state index < -0.39 is 0 Å². The van der Waals surface area contributed by atoms with Crippen molar-refractivity contribution in [3.05, 3.63) is 0 Å². The molecule has 0 aromatic carbocycles. The van der Waals surface area contributed by atoms with Crippen LogP contribution in [0.2, 0.25) is 0 Å². The van der Waals surface area contributed by atoms with Gasteiger partial charge in [-0.05, 0) is 57.8 Å². The summed E-state index contributed by atoms with van der Waals surface area (Å²) in [5.74, 6) is 2.27. The zero-order chi connectivity index (χ0) is 14.0. The van der Waals surface area contributed by atoms with Crippen LogP contribution in [0.15, 0.2) is 0 Å². The number of rotatable bonds is 3. The maximum Gasteiger partial charge on any atom is 0.240 e. The van der Waals surface area contributed by atoms with Gasteiger partial charge in [0.1, 0.15) is 0 Å². The molecule has 0 unspecified atom stereocenters. The molecular formula is C15H31Cl2N3O. The summed E-state index contributed by atoms with van der Waals surface area (Å²) in [7, 11) is 4.03. The van der Waals surface area contributed by atoms with E-state index in [1.807, 2.05) is 14.1 Å². The fraction of sp³-hybridized carbons (Fsp3) is 0.933. The second-order valence-corrected chi connectivity index (χ2v) is 6.73. The Labute approximate surface area is 141 Å². The Bertz CT molecular complexity index is 304. The molecule has 0 radical (unpaired) electrons. The van der Waals surface area contributed by atoms with Crippen LogP contribution < -0.4 is 5.32 Å². The third-order valence-corrected chi connectivity index (χ3v) is 4.77. The Morgan fingerprint density at radius 1 is 1.10 bits per heavy atom. The summed E-state index contributed by atoms with van der Waals surface area (Å²) < 4.78 is 0. The monoisotopic (exact) mass is 339 g/mol. The summed E-state index contributed by atoms with van der Waals surface area (Å²) >= 11 is 0. The molecule has 6 heteroatoms. The molecule has 2 rings (SSSR count). The normalized spacial score (nSPS) is 26.7. The number of likely N-dealkylation sites (N-methyl/N-ethyl adjacent to an activating group) is 1. The van der Waals surface area contributed by atoms with Crippen molar-refractivity contribution in [3.63, 3.8) is 0 Å². The van der Waals surface area contributed by atoms with E-state index in [0.29, 0.717) is 11.8 Å². The summed E-state index contributed by atoms with van der Waals surface area (Å²) in [6, 6.07) is 0.0241. The largest absolute Gasteiger partial charge is 0.341 e. The molecule has 2 saturated heterocycles. The van der Waals surface area contributed by atoms with Crippen molar-refractivity contribution in [1.82, 2.24) is 15.1 Å². The fourth-order valence-electron chi connectivity index (χ4n) is 3.73. The third kappa shape index (κ3) is 4.98. The van der Waals surface area contributed by atoms with Crippen molar-refractivity contribution in [2.24, 2.45) is 17.8 Å². The molecule has 1 amide bonds. The zero-order valence-corrected chi connectivity index (χ0v) is 15.3. The fourth-order valence-corrected chi connectivity index (χ4v) is 3.73. The van der Waals surface area contributed by atoms with Crippen LogP contribution in [0.1, 0.15) is 26.7 Å². The highest BCUT2D eigenvalue weighted by Crippen LogP contribution is 2.27. The van der Waals surface area contributed by atoms with Gasteiger partial charge >= 0.3 is 0 Å². The predicted molar refractivity (Wildman–Crippen MR) is 92.5 cm³/mol. The van der Waals surface area contributed by atoms with Crippen molar-refractivity contribution in [2.75, 3.05) is 40.3 Å². The van der Waals surface area contributed by atoms with Gasteiger partial charge in [0.15, 0.2) is 0 Å². The van der Waals surface area contributed by atoms with Gasteiger partial charge in [-0.3, -0.25) is 9.69 Å². The minimum Gasteiger partial charge on any atom is -0.341 e. The van der Waals surface area contributed by atoms with Crippen molar-refractivity contribution in [1.29, 1.82) is 0 Å². The lowest BCUT2D eigenvalue weighted by molar-refractivity contribution is -0.137. The smallest absolute Gasteiger partial charge is 0.240 e. The Balaban J connectivity index is 0.00000200. The molecule has 0 bridgehead atoms. The molecule has 0 aliphatic carbocycles. The van der Waals surface area contributed by atoms with E-state index in [-0.39, 0.29) is 30.9 Å². The SMILES string of the molecule is CC(C)[C@@H](C(=O)N1CC[C@@H]2CNC[C@@H]2CC1)N(C)C.Cl.Cl. The first-order valence-corrected chi connectivity index (χ1v) is 7.66. The third-order valence-electron chi connectivity index (χ3n) is 4.77. The minimum atomic E-state index is 0. The Morgan fingerprint density at radius 2 is 1.57 bits per heavy atom. The summed E-state index contributed by atoms with van der Waals surface area (Å²) in [5.41, 5.74) is 0. The standard InChI is InChI=1S/C15H29N3O.2ClH/c1-11(2)14(17(3)4)15(19)18-7-5-12-9-16-10-13(12)6-8-18;;/h11-14,16H,5-10H2,1-4H3;2*1H/t12-,13+,14-;;/m0../s1. The highest BCUT2D eigenvalue weighted by Gasteiger charge is 2.34. The summed E-state index contributed by atoms with van der Waals surface area (Å²) in [6.45, 7) is 8.46. The molecule has 2 aliphatic rings. The molecule has 0 spiro atoms. The van der Waals surface area contributed by atoms with E-state index in [1.165, 1.54) is 12.8 Å². The maximum absolute atomic E-state index is 12.7. The van der Waals surface area contributed by atoms with E-state index >= 15 is 0 Å². The molecule has 4 nitrogen and oxygen atoms in total. The van der Waals surface area contributed by atoms with Crippen LogP contribution in [0.4, 0.5) is 0 Å². The first-order chi connectivity index (χ1) is 9.00. The molecule has 2 heterocycles. The number of nitrogens with one attached hydrogen (secondary N) is 1. The maximum atomic E-state index is 12.7. The summed E-state index contributed by atoms with van der Waals surface area (Å²) in [5, 5.41) is 3.48. The van der Waals surface area contributed by atoms with E-state index in [4.69, 9.17) is 0 Å². The van der Waals surface area contributed by atoms with Gasteiger partial charge in [-0.25, -0.2) is 0 Å². The first kappa shape index (κ1) is 21.0. The van der Waals surface area contributed by atoms with Crippen LogP contribution in [-0.4, -0.2) is 62.0 Å². The average molecular weight is 340 g/mol. The number of likely N-dealkylation sites (tertiary alicyclic amines) is 1. The number of fused-ring (bicyclic) bond motifs is 1. The van der Waals surface area contributed by atoms with Gasteiger partial charge in [0.2, 0.25) is 5.91 Å². The highest BCUT2D eigenvalue weighted by atomic mass is 35.5. The first-order valence-electron chi connectivity index (χ1n) is 7.66. The second-order valence-electron chi connectivity index (χ2n) is 6.73. The van der Waals surface area contributed by atoms with E-state index in [1.54, 1.807) is 0 Å². The topological polar surface area (TPSA) is 35.6 Å². The molecule has 2 fully saturated rings. The predicted octanol–water partition coefficient (Wildman–Crippen LogP) is 1.87. The number of carbonyl (C=O) groups excluding carboxylic acids is 1. The van der Waals surface area contributed by atoms with E-state index in [0.717, 1.165) is 38.0 Å². The Hall–Kier alpha value is -0.0300. The van der Waals surface area contributed by atoms with Crippen molar-refractivity contribution < 1.29 is 4.79 Å². The van der Waals surface area contributed by atoms with E-state index in [9.17, 15) is 4.79 Å². The van der Waals surface area contributed by atoms with Crippen molar-refractivity contribution in [3.8, 4) is 0 Å². The van der Waals surface area contributed by atoms with Gasteiger partial charge in [0.25, 0.3) is 0 Å². The molecule has 1 N–H and O–H groups in total. The molecule has 2 aliphatic heterocycles. The van der Waals surface area contributed by atoms with Gasteiger partial charge in [0.05, 0.1) is 6.04 Å². The van der Waals surface area contributed by atoms with Crippen LogP contribution in [0, 0.1) is 17.8 Å². The van der Waals surface area contributed by atoms with Crippen LogP contribution in [-0.2, 0) is 4.79 Å². The number of halogens is 2. The van der Waals surface area contributed by atoms with Crippen LogP contribution in [0.3, 0.4) is 0 Å². The van der Waals surface area contributed by atoms with Gasteiger partial charge in [-0.2, -0.15) is 0 Å². The molecule has 0 aromatic heterocycles. The lowest BCUT2D eigenvalue weighted by atomic mass is 9.92. The molecule has 0 saturated carbocycles. The zero-order valence-electron chi connectivity index (χ0n) is 13.7. The quantitative estimate of drug-likeness (QED) is 0.852. The van der Waals surface area contributed by atoms with Gasteiger partial charge in [-0.15, -0.1) is 24.8 Å². The van der Waals surface area contributed by atoms with Crippen molar-refractivity contribution >= 4 is 30.7 Å². The van der Waals surface area contributed by atoms with Gasteiger partial charge in [0, 0.05) is 13.1 Å². The molecule has 0 aromatic rings. The lowest BCUT2D eigenvalue weighted by Gasteiger charge is -2.32. The van der Waals surface area contributed by atoms with Gasteiger partial charge < -0.3 is 10.2 Å². The van der Waals surface area contributed by atoms with Crippen LogP contribution in [0.5, 0.6) is 0 Å². The van der Waals surface area contributed by atoms with Gasteiger partial charge in [-0.1, -0.05) is 13.8 Å². The number of hydrogen-bond acceptors (Lipinski definition) is 3. The minimum absolute atomic E-state index is 0. The number of nitrogens with zero attached hydrogens (tertiary/aromatic N) is 2. The van der Waals surface area contributed by atoms with Crippen molar-refractivity contribution in [2.45, 2.75) is 32.7 Å².